The van der Waals surface area contributed by atoms with Gasteiger partial charge in [-0.1, -0.05) is 57.6 Å². The van der Waals surface area contributed by atoms with Crippen LogP contribution in [0.2, 0.25) is 0 Å². The highest BCUT2D eigenvalue weighted by atomic mass is 32.2. The Balaban J connectivity index is 3.12. The predicted molar refractivity (Wildman–Crippen MR) is 94.9 cm³/mol. The molecular formula is C18H34O2S. The Labute approximate surface area is 136 Å². The van der Waals surface area contributed by atoms with Crippen molar-refractivity contribution < 1.29 is 9.53 Å². The second-order valence-corrected chi connectivity index (χ2v) is 6.47. The van der Waals surface area contributed by atoms with E-state index in [0.717, 1.165) is 12.2 Å². The van der Waals surface area contributed by atoms with Crippen molar-refractivity contribution in [3.05, 3.63) is 12.2 Å². The molecule has 0 aromatic carbocycles. The summed E-state index contributed by atoms with van der Waals surface area (Å²) < 4.78 is 5.17. The van der Waals surface area contributed by atoms with Gasteiger partial charge in [-0.15, -0.1) is 0 Å². The molecule has 0 rings (SSSR count). The molecule has 3 heteroatoms. The Morgan fingerprint density at radius 1 is 0.952 bits per heavy atom. The van der Waals surface area contributed by atoms with Crippen molar-refractivity contribution in [3.63, 3.8) is 0 Å². The van der Waals surface area contributed by atoms with Gasteiger partial charge in [0.25, 0.3) is 0 Å². The molecule has 0 fully saturated rings. The number of ether oxygens (including phenoxy) is 1. The molecule has 0 heterocycles. The van der Waals surface area contributed by atoms with Crippen LogP contribution < -0.4 is 0 Å². The van der Waals surface area contributed by atoms with Crippen LogP contribution in [0.25, 0.3) is 0 Å². The fourth-order valence-corrected chi connectivity index (χ4v) is 2.44. The molecule has 21 heavy (non-hydrogen) atoms. The lowest BCUT2D eigenvalue weighted by molar-refractivity contribution is -0.143. The summed E-state index contributed by atoms with van der Waals surface area (Å²) in [7, 11) is 0. The van der Waals surface area contributed by atoms with Gasteiger partial charge in [-0.3, -0.25) is 4.79 Å². The lowest BCUT2D eigenvalue weighted by atomic mass is 10.1. The molecule has 0 amide bonds. The Morgan fingerprint density at radius 2 is 1.57 bits per heavy atom. The predicted octanol–water partition coefficient (Wildman–Crippen LogP) is 5.76. The number of hydrogen-bond acceptors (Lipinski definition) is 3. The summed E-state index contributed by atoms with van der Waals surface area (Å²) >= 11 is 1.69. The maximum Gasteiger partial charge on any atom is 0.306 e. The largest absolute Gasteiger partial charge is 0.466 e. The van der Waals surface area contributed by atoms with Crippen LogP contribution in [0.15, 0.2) is 12.2 Å². The molecule has 0 aromatic heterocycles. The average molecular weight is 315 g/mol. The molecule has 0 aromatic rings. The quantitative estimate of drug-likeness (QED) is 0.218. The van der Waals surface area contributed by atoms with E-state index in [2.05, 4.69) is 19.1 Å². The zero-order valence-corrected chi connectivity index (χ0v) is 14.9. The highest BCUT2D eigenvalue weighted by Gasteiger charge is 2.00. The first-order valence-corrected chi connectivity index (χ1v) is 10.00. The monoisotopic (exact) mass is 314 g/mol. The third kappa shape index (κ3) is 17.5. The topological polar surface area (TPSA) is 26.3 Å². The summed E-state index contributed by atoms with van der Waals surface area (Å²) in [5.74, 6) is 0.824. The van der Waals surface area contributed by atoms with Crippen molar-refractivity contribution in [1.82, 2.24) is 0 Å². The van der Waals surface area contributed by atoms with Gasteiger partial charge in [-0.25, -0.2) is 0 Å². The Kier molecular flexibility index (Phi) is 17.2. The summed E-state index contributed by atoms with van der Waals surface area (Å²) in [5.41, 5.74) is 0. The molecule has 0 N–H and O–H groups in total. The maximum absolute atomic E-state index is 11.3. The molecule has 0 spiro atoms. The van der Waals surface area contributed by atoms with Crippen LogP contribution in [0.3, 0.4) is 0 Å². The Bertz CT molecular complexity index is 252. The van der Waals surface area contributed by atoms with E-state index < -0.39 is 0 Å². The molecule has 2 nitrogen and oxygen atoms in total. The van der Waals surface area contributed by atoms with Gasteiger partial charge in [0.2, 0.25) is 0 Å². The molecule has 0 aliphatic rings. The van der Waals surface area contributed by atoms with Crippen LogP contribution in [0.5, 0.6) is 0 Å². The van der Waals surface area contributed by atoms with E-state index in [9.17, 15) is 4.79 Å². The lowest BCUT2D eigenvalue weighted by Crippen LogP contribution is -2.06. The fraction of sp³-hybridized carbons (Fsp3) is 0.833. The van der Waals surface area contributed by atoms with E-state index >= 15 is 0 Å². The molecule has 0 atom stereocenters. The van der Waals surface area contributed by atoms with Crippen LogP contribution in [0, 0.1) is 0 Å². The first-order chi connectivity index (χ1) is 10.3. The van der Waals surface area contributed by atoms with E-state index in [1.807, 2.05) is 6.26 Å². The van der Waals surface area contributed by atoms with Crippen molar-refractivity contribution in [3.8, 4) is 0 Å². The van der Waals surface area contributed by atoms with Crippen molar-refractivity contribution in [2.45, 2.75) is 77.6 Å². The zero-order valence-electron chi connectivity index (χ0n) is 14.1. The molecule has 0 saturated heterocycles. The minimum absolute atomic E-state index is 0.0424. The van der Waals surface area contributed by atoms with Gasteiger partial charge in [0.15, 0.2) is 0 Å². The molecule has 0 aliphatic heterocycles. The van der Waals surface area contributed by atoms with Crippen LogP contribution in [0.4, 0.5) is 0 Å². The van der Waals surface area contributed by atoms with Crippen molar-refractivity contribution in [2.75, 3.05) is 18.6 Å². The zero-order chi connectivity index (χ0) is 15.6. The Morgan fingerprint density at radius 3 is 2.24 bits per heavy atom. The third-order valence-corrected chi connectivity index (χ3v) is 4.04. The molecule has 0 bridgehead atoms. The molecule has 124 valence electrons. The molecule has 0 aliphatic carbocycles. The SMILES string of the molecule is CCCC/C=C/CCCCCCCCOC(=O)CCSC. The molecule has 0 saturated carbocycles. The number of carbonyl (C=O) groups is 1. The Hall–Kier alpha value is -0.440. The van der Waals surface area contributed by atoms with E-state index in [1.165, 1.54) is 57.8 Å². The summed E-state index contributed by atoms with van der Waals surface area (Å²) in [6.45, 7) is 2.84. The van der Waals surface area contributed by atoms with Gasteiger partial charge in [-0.2, -0.15) is 11.8 Å². The number of hydrogen-bond donors (Lipinski definition) is 0. The normalized spacial score (nSPS) is 11.1. The number of carbonyl (C=O) groups excluding carboxylic acids is 1. The second kappa shape index (κ2) is 17.6. The summed E-state index contributed by atoms with van der Waals surface area (Å²) in [6.07, 6.45) is 19.7. The standard InChI is InChI=1S/C18H34O2S/c1-3-4-5-6-7-8-9-10-11-12-13-14-16-20-18(19)15-17-21-2/h6-7H,3-5,8-17H2,1-2H3/b7-6+. The van der Waals surface area contributed by atoms with Crippen LogP contribution in [0.1, 0.15) is 77.6 Å². The van der Waals surface area contributed by atoms with Gasteiger partial charge >= 0.3 is 5.97 Å². The highest BCUT2D eigenvalue weighted by Crippen LogP contribution is 2.08. The molecule has 0 unspecified atom stereocenters. The number of unbranched alkanes of at least 4 members (excludes halogenated alkanes) is 8. The second-order valence-electron chi connectivity index (χ2n) is 5.49. The van der Waals surface area contributed by atoms with Crippen molar-refractivity contribution in [1.29, 1.82) is 0 Å². The van der Waals surface area contributed by atoms with Gasteiger partial charge in [0.05, 0.1) is 13.0 Å². The summed E-state index contributed by atoms with van der Waals surface area (Å²) in [4.78, 5) is 11.3. The van der Waals surface area contributed by atoms with E-state index in [4.69, 9.17) is 4.74 Å². The third-order valence-electron chi connectivity index (χ3n) is 3.43. The molecular weight excluding hydrogens is 280 g/mol. The minimum Gasteiger partial charge on any atom is -0.466 e. The first-order valence-electron chi connectivity index (χ1n) is 8.60. The summed E-state index contributed by atoms with van der Waals surface area (Å²) in [5, 5.41) is 0. The first kappa shape index (κ1) is 20.6. The lowest BCUT2D eigenvalue weighted by Gasteiger charge is -2.04. The minimum atomic E-state index is -0.0424. The van der Waals surface area contributed by atoms with Crippen LogP contribution >= 0.6 is 11.8 Å². The number of thioether (sulfide) groups is 1. The number of esters is 1. The smallest absolute Gasteiger partial charge is 0.306 e. The van der Waals surface area contributed by atoms with E-state index in [0.29, 0.717) is 13.0 Å². The van der Waals surface area contributed by atoms with E-state index in [1.54, 1.807) is 11.8 Å². The highest BCUT2D eigenvalue weighted by molar-refractivity contribution is 7.98. The average Bonchev–Trinajstić information content (AvgIpc) is 2.49. The van der Waals surface area contributed by atoms with E-state index in [-0.39, 0.29) is 5.97 Å². The van der Waals surface area contributed by atoms with Crippen molar-refractivity contribution >= 4 is 17.7 Å². The maximum atomic E-state index is 11.3. The van der Waals surface area contributed by atoms with Crippen LogP contribution in [-0.2, 0) is 9.53 Å². The number of rotatable bonds is 15. The van der Waals surface area contributed by atoms with Crippen LogP contribution in [-0.4, -0.2) is 24.6 Å². The van der Waals surface area contributed by atoms with Gasteiger partial charge in [0, 0.05) is 5.75 Å². The number of allylic oxidation sites excluding steroid dienone is 2. The van der Waals surface area contributed by atoms with Gasteiger partial charge < -0.3 is 4.74 Å². The van der Waals surface area contributed by atoms with Crippen molar-refractivity contribution in [2.24, 2.45) is 0 Å². The molecule has 0 radical (unpaired) electrons. The van der Waals surface area contributed by atoms with Gasteiger partial charge in [0.1, 0.15) is 0 Å². The van der Waals surface area contributed by atoms with Gasteiger partial charge in [-0.05, 0) is 31.9 Å². The summed E-state index contributed by atoms with van der Waals surface area (Å²) in [6, 6.07) is 0. The fourth-order valence-electron chi connectivity index (χ4n) is 2.07.